The third-order valence-electron chi connectivity index (χ3n) is 2.69. The minimum atomic E-state index is -4.70. The van der Waals surface area contributed by atoms with E-state index in [2.05, 4.69) is 20.5 Å². The molecule has 8 nitrogen and oxygen atoms in total. The van der Waals surface area contributed by atoms with Crippen molar-refractivity contribution < 1.29 is 18.0 Å². The van der Waals surface area contributed by atoms with Gasteiger partial charge in [-0.2, -0.15) is 18.3 Å². The number of carbonyl (C=O) groups is 1. The number of aromatic nitrogens is 4. The number of nitrogens with one attached hydrogen (secondary N) is 3. The molecular weight excluding hydrogens is 343 g/mol. The average Bonchev–Trinajstić information content (AvgIpc) is 2.86. The number of carbonyl (C=O) groups excluding carboxylic acids is 1. The molecule has 0 saturated carbocycles. The quantitative estimate of drug-likeness (QED) is 0.732. The Labute approximate surface area is 130 Å². The molecule has 0 aliphatic rings. The molecule has 0 aromatic carbocycles. The third-order valence-corrected chi connectivity index (χ3v) is 2.96. The second-order valence-corrected chi connectivity index (χ2v) is 4.82. The first-order valence-corrected chi connectivity index (χ1v) is 6.42. The van der Waals surface area contributed by atoms with E-state index in [0.29, 0.717) is 16.8 Å². The number of alkyl halides is 3. The van der Waals surface area contributed by atoms with E-state index < -0.39 is 40.5 Å². The van der Waals surface area contributed by atoms with Crippen LogP contribution in [0.2, 0.25) is 5.02 Å². The molecule has 2 heterocycles. The summed E-state index contributed by atoms with van der Waals surface area (Å²) in [6.07, 6.45) is -4.20. The zero-order valence-electron chi connectivity index (χ0n) is 11.2. The molecule has 2 rings (SSSR count). The number of halogens is 4. The zero-order valence-corrected chi connectivity index (χ0v) is 12.0. The fraction of sp³-hybridized carbons (Fsp3) is 0.273. The van der Waals surface area contributed by atoms with Crippen LogP contribution in [0.15, 0.2) is 21.9 Å². The van der Waals surface area contributed by atoms with E-state index in [1.54, 1.807) is 0 Å². The van der Waals surface area contributed by atoms with Gasteiger partial charge in [-0.3, -0.25) is 14.6 Å². The normalized spacial score (nSPS) is 11.5. The summed E-state index contributed by atoms with van der Waals surface area (Å²) in [4.78, 5) is 36.4. The Morgan fingerprint density at radius 3 is 2.65 bits per heavy atom. The smallest absolute Gasteiger partial charge is 0.347 e. The molecule has 0 radical (unpaired) electrons. The molecule has 1 amide bonds. The molecule has 12 heteroatoms. The van der Waals surface area contributed by atoms with Crippen LogP contribution >= 0.6 is 11.6 Å². The second kappa shape index (κ2) is 6.28. The Bertz CT molecular complexity index is 838. The lowest BCUT2D eigenvalue weighted by atomic mass is 10.2. The lowest BCUT2D eigenvalue weighted by Gasteiger charge is -2.11. The van der Waals surface area contributed by atoms with E-state index in [-0.39, 0.29) is 12.4 Å². The van der Waals surface area contributed by atoms with E-state index >= 15 is 0 Å². The first-order valence-electron chi connectivity index (χ1n) is 6.04. The predicted octanol–water partition coefficient (Wildman–Crippen LogP) is 0.248. The maximum atomic E-state index is 12.7. The van der Waals surface area contributed by atoms with Crippen molar-refractivity contribution in [1.29, 1.82) is 0 Å². The van der Waals surface area contributed by atoms with Crippen molar-refractivity contribution in [3.05, 3.63) is 49.5 Å². The summed E-state index contributed by atoms with van der Waals surface area (Å²) in [6.45, 7) is -0.837. The Morgan fingerprint density at radius 2 is 2.09 bits per heavy atom. The zero-order chi connectivity index (χ0) is 17.2. The van der Waals surface area contributed by atoms with E-state index in [1.807, 2.05) is 0 Å². The van der Waals surface area contributed by atoms with Gasteiger partial charge in [-0.05, 0) is 6.07 Å². The van der Waals surface area contributed by atoms with E-state index in [9.17, 15) is 27.6 Å². The van der Waals surface area contributed by atoms with E-state index in [0.717, 1.165) is 0 Å². The molecule has 3 N–H and O–H groups in total. The maximum absolute atomic E-state index is 12.7. The molecule has 2 aromatic heterocycles. The molecule has 2 aromatic rings. The lowest BCUT2D eigenvalue weighted by molar-refractivity contribution is -0.138. The molecule has 0 spiro atoms. The van der Waals surface area contributed by atoms with Crippen LogP contribution in [0.3, 0.4) is 0 Å². The topological polar surface area (TPSA) is 113 Å². The Kier molecular flexibility index (Phi) is 4.59. The van der Waals surface area contributed by atoms with Crippen molar-refractivity contribution in [3.8, 4) is 0 Å². The van der Waals surface area contributed by atoms with E-state index in [1.165, 1.54) is 0 Å². The molecule has 0 saturated heterocycles. The molecule has 23 heavy (non-hydrogen) atoms. The molecule has 0 atom stereocenters. The fourth-order valence-corrected chi connectivity index (χ4v) is 1.88. The van der Waals surface area contributed by atoms with Gasteiger partial charge < -0.3 is 9.88 Å². The van der Waals surface area contributed by atoms with Crippen molar-refractivity contribution in [2.75, 3.05) is 0 Å². The van der Waals surface area contributed by atoms with Gasteiger partial charge in [-0.25, -0.2) is 9.89 Å². The lowest BCUT2D eigenvalue weighted by Crippen LogP contribution is -2.33. The largest absolute Gasteiger partial charge is 0.417 e. The van der Waals surface area contributed by atoms with Crippen LogP contribution in [0.4, 0.5) is 13.2 Å². The van der Waals surface area contributed by atoms with Gasteiger partial charge in [0.25, 0.3) is 5.56 Å². The SMILES string of the molecule is O=C(Cn1cc(C(F)(F)F)cc(Cl)c1=O)NCc1n[nH]c(=O)[nH]1. The van der Waals surface area contributed by atoms with Crippen molar-refractivity contribution in [2.45, 2.75) is 19.3 Å². The van der Waals surface area contributed by atoms with Crippen molar-refractivity contribution in [3.63, 3.8) is 0 Å². The standard InChI is InChI=1S/C11H9ClF3N5O3/c12-6-1-5(11(13,14)15)3-20(9(6)22)4-8(21)16-2-7-17-10(23)19-18-7/h1,3H,2,4H2,(H,16,21)(H2,17,18,19,23). The summed E-state index contributed by atoms with van der Waals surface area (Å²) in [6, 6.07) is 0.493. The first-order chi connectivity index (χ1) is 10.7. The number of pyridine rings is 1. The van der Waals surface area contributed by atoms with Gasteiger partial charge in [0.1, 0.15) is 17.4 Å². The van der Waals surface area contributed by atoms with Gasteiger partial charge in [-0.1, -0.05) is 11.6 Å². The highest BCUT2D eigenvalue weighted by Crippen LogP contribution is 2.29. The first kappa shape index (κ1) is 16.8. The number of hydrogen-bond acceptors (Lipinski definition) is 4. The van der Waals surface area contributed by atoms with Crippen LogP contribution in [0, 0.1) is 0 Å². The highest BCUT2D eigenvalue weighted by Gasteiger charge is 2.32. The third kappa shape index (κ3) is 4.22. The van der Waals surface area contributed by atoms with Gasteiger partial charge in [0.15, 0.2) is 0 Å². The average molecular weight is 352 g/mol. The number of aromatic amines is 2. The molecule has 124 valence electrons. The van der Waals surface area contributed by atoms with Gasteiger partial charge >= 0.3 is 11.9 Å². The number of nitrogens with zero attached hydrogens (tertiary/aromatic N) is 2. The summed E-state index contributed by atoms with van der Waals surface area (Å²) < 4.78 is 38.6. The minimum Gasteiger partial charge on any atom is -0.347 e. The van der Waals surface area contributed by atoms with Crippen LogP contribution in [0.1, 0.15) is 11.4 Å². The molecule has 0 aliphatic heterocycles. The number of H-pyrrole nitrogens is 2. The van der Waals surface area contributed by atoms with Crippen LogP contribution in [-0.2, 0) is 24.1 Å². The van der Waals surface area contributed by atoms with Crippen molar-refractivity contribution >= 4 is 17.5 Å². The van der Waals surface area contributed by atoms with Crippen LogP contribution < -0.4 is 16.6 Å². The molecular formula is C11H9ClF3N5O3. The molecule has 0 aliphatic carbocycles. The number of rotatable bonds is 4. The van der Waals surface area contributed by atoms with Gasteiger partial charge in [0.05, 0.1) is 12.1 Å². The van der Waals surface area contributed by atoms with E-state index in [4.69, 9.17) is 11.6 Å². The predicted molar refractivity (Wildman–Crippen MR) is 71.8 cm³/mol. The Morgan fingerprint density at radius 1 is 1.39 bits per heavy atom. The molecule has 0 bridgehead atoms. The molecule has 0 unspecified atom stereocenters. The van der Waals surface area contributed by atoms with Crippen LogP contribution in [0.5, 0.6) is 0 Å². The summed E-state index contributed by atoms with van der Waals surface area (Å²) in [5, 5.41) is 7.24. The van der Waals surface area contributed by atoms with Crippen molar-refractivity contribution in [1.82, 2.24) is 25.1 Å². The summed E-state index contributed by atoms with van der Waals surface area (Å²) in [5.74, 6) is -0.635. The number of hydrogen-bond donors (Lipinski definition) is 3. The monoisotopic (exact) mass is 351 g/mol. The van der Waals surface area contributed by atoms with Gasteiger partial charge in [-0.15, -0.1) is 0 Å². The second-order valence-electron chi connectivity index (χ2n) is 4.41. The Balaban J connectivity index is 2.12. The van der Waals surface area contributed by atoms with Crippen LogP contribution in [-0.4, -0.2) is 25.7 Å². The summed E-state index contributed by atoms with van der Waals surface area (Å²) in [7, 11) is 0. The Hall–Kier alpha value is -2.56. The maximum Gasteiger partial charge on any atom is 0.417 e. The molecule has 0 fully saturated rings. The highest BCUT2D eigenvalue weighted by atomic mass is 35.5. The minimum absolute atomic E-state index is 0.123. The number of amides is 1. The van der Waals surface area contributed by atoms with Crippen molar-refractivity contribution in [2.24, 2.45) is 0 Å². The summed E-state index contributed by atoms with van der Waals surface area (Å²) in [5.41, 5.74) is -2.65. The van der Waals surface area contributed by atoms with Gasteiger partial charge in [0.2, 0.25) is 5.91 Å². The highest BCUT2D eigenvalue weighted by molar-refractivity contribution is 6.30. The van der Waals surface area contributed by atoms with Gasteiger partial charge in [0, 0.05) is 6.20 Å². The fourth-order valence-electron chi connectivity index (χ4n) is 1.65. The summed E-state index contributed by atoms with van der Waals surface area (Å²) >= 11 is 5.47. The van der Waals surface area contributed by atoms with Crippen LogP contribution in [0.25, 0.3) is 0 Å².